The number of hydrogen-bond acceptors (Lipinski definition) is 2. The topological polar surface area (TPSA) is 24.9 Å². The molecule has 0 bridgehead atoms. The minimum Gasteiger partial charge on any atom is -0.381 e. The smallest absolute Gasteiger partial charge is 0.381 e. The van der Waals surface area contributed by atoms with Crippen molar-refractivity contribution in [3.8, 4) is 0 Å². The summed E-state index contributed by atoms with van der Waals surface area (Å²) in [7, 11) is 0. The van der Waals surface area contributed by atoms with Gasteiger partial charge in [-0.25, -0.2) is 0 Å². The van der Waals surface area contributed by atoms with Gasteiger partial charge in [-0.1, -0.05) is 17.7 Å². The molecular weight excluding hydrogens is 277 g/mol. The van der Waals surface area contributed by atoms with Crippen LogP contribution in [0, 0.1) is 0 Å². The van der Waals surface area contributed by atoms with Crippen molar-refractivity contribution < 1.29 is 13.2 Å². The van der Waals surface area contributed by atoms with Gasteiger partial charge in [0.2, 0.25) is 0 Å². The zero-order valence-electron chi connectivity index (χ0n) is 9.71. The number of alkyl halides is 3. The summed E-state index contributed by atoms with van der Waals surface area (Å²) in [5.41, 5.74) is 0.482. The van der Waals surface area contributed by atoms with Crippen LogP contribution in [0.5, 0.6) is 0 Å². The van der Waals surface area contributed by atoms with Gasteiger partial charge in [0, 0.05) is 24.6 Å². The largest absolute Gasteiger partial charge is 0.416 e. The van der Waals surface area contributed by atoms with Crippen molar-refractivity contribution in [2.24, 2.45) is 0 Å². The van der Waals surface area contributed by atoms with Crippen molar-refractivity contribution in [3.63, 3.8) is 0 Å². The summed E-state index contributed by atoms with van der Waals surface area (Å²) < 4.78 is 37.6. The number of benzene rings is 1. The molecule has 1 aromatic carbocycles. The molecule has 0 saturated carbocycles. The lowest BCUT2D eigenvalue weighted by atomic mass is 10.2. The zero-order valence-corrected chi connectivity index (χ0v) is 10.5. The Morgan fingerprint density at radius 2 is 2.00 bits per heavy atom. The van der Waals surface area contributed by atoms with Crippen LogP contribution in [0.2, 0.25) is 5.02 Å². The number of aromatic nitrogens is 1. The van der Waals surface area contributed by atoms with Crippen molar-refractivity contribution in [3.05, 3.63) is 58.9 Å². The monoisotopic (exact) mass is 286 g/mol. The molecule has 0 saturated heterocycles. The fourth-order valence-corrected chi connectivity index (χ4v) is 1.74. The molecule has 0 fully saturated rings. The molecule has 1 heterocycles. The number of nitrogens with one attached hydrogen (secondary N) is 1. The Morgan fingerprint density at radius 3 is 2.68 bits per heavy atom. The van der Waals surface area contributed by atoms with E-state index >= 15 is 0 Å². The van der Waals surface area contributed by atoms with Gasteiger partial charge >= 0.3 is 6.18 Å². The number of nitrogens with zero attached hydrogens (tertiary/aromatic N) is 1. The average Bonchev–Trinajstić information content (AvgIpc) is 2.37. The third kappa shape index (κ3) is 3.61. The van der Waals surface area contributed by atoms with Crippen LogP contribution < -0.4 is 5.32 Å². The highest BCUT2D eigenvalue weighted by Gasteiger charge is 2.30. The first-order chi connectivity index (χ1) is 8.97. The van der Waals surface area contributed by atoms with Crippen LogP contribution in [-0.4, -0.2) is 4.98 Å². The molecule has 2 rings (SSSR count). The molecule has 2 nitrogen and oxygen atoms in total. The Hall–Kier alpha value is -1.75. The second-order valence-electron chi connectivity index (χ2n) is 3.90. The van der Waals surface area contributed by atoms with Crippen molar-refractivity contribution in [2.45, 2.75) is 12.7 Å². The molecule has 0 radical (unpaired) electrons. The predicted molar refractivity (Wildman–Crippen MR) is 68.0 cm³/mol. The first-order valence-electron chi connectivity index (χ1n) is 5.46. The highest BCUT2D eigenvalue weighted by Crippen LogP contribution is 2.30. The molecule has 0 unspecified atom stereocenters. The Balaban J connectivity index is 2.10. The molecule has 100 valence electrons. The Labute approximate surface area is 113 Å². The van der Waals surface area contributed by atoms with Gasteiger partial charge in [0.25, 0.3) is 0 Å². The molecule has 6 heteroatoms. The summed E-state index contributed by atoms with van der Waals surface area (Å²) in [6, 6.07) is 6.74. The molecule has 0 amide bonds. The standard InChI is InChI=1S/C13H10ClF3N2/c14-12-8-18-5-4-9(12)7-19-11-3-1-2-10(6-11)13(15,16)17/h1-6,8,19H,7H2. The Kier molecular flexibility index (Phi) is 3.95. The van der Waals surface area contributed by atoms with Crippen LogP contribution in [0.15, 0.2) is 42.7 Å². The van der Waals surface area contributed by atoms with E-state index in [0.717, 1.165) is 17.7 Å². The Bertz CT molecular complexity index is 570. The number of halogens is 4. The molecule has 0 aliphatic rings. The van der Waals surface area contributed by atoms with E-state index in [2.05, 4.69) is 10.3 Å². The van der Waals surface area contributed by atoms with Gasteiger partial charge in [0.05, 0.1) is 10.6 Å². The molecule has 19 heavy (non-hydrogen) atoms. The maximum atomic E-state index is 12.5. The fourth-order valence-electron chi connectivity index (χ4n) is 1.55. The Morgan fingerprint density at radius 1 is 1.21 bits per heavy atom. The van der Waals surface area contributed by atoms with E-state index in [-0.39, 0.29) is 0 Å². The molecule has 1 aromatic heterocycles. The maximum absolute atomic E-state index is 12.5. The van der Waals surface area contributed by atoms with Gasteiger partial charge in [-0.3, -0.25) is 4.98 Å². The van der Waals surface area contributed by atoms with E-state index in [1.165, 1.54) is 12.3 Å². The van der Waals surface area contributed by atoms with E-state index in [9.17, 15) is 13.2 Å². The van der Waals surface area contributed by atoms with Crippen molar-refractivity contribution >= 4 is 17.3 Å². The fraction of sp³-hybridized carbons (Fsp3) is 0.154. The summed E-state index contributed by atoms with van der Waals surface area (Å²) in [5, 5.41) is 3.38. The van der Waals surface area contributed by atoms with Crippen LogP contribution in [0.1, 0.15) is 11.1 Å². The van der Waals surface area contributed by atoms with E-state index in [1.54, 1.807) is 18.3 Å². The lowest BCUT2D eigenvalue weighted by Gasteiger charge is -2.11. The van der Waals surface area contributed by atoms with Crippen molar-refractivity contribution in [1.82, 2.24) is 4.98 Å². The van der Waals surface area contributed by atoms with Gasteiger partial charge in [-0.15, -0.1) is 0 Å². The SMILES string of the molecule is FC(F)(F)c1cccc(NCc2ccncc2Cl)c1. The van der Waals surface area contributed by atoms with Crippen LogP contribution in [0.4, 0.5) is 18.9 Å². The van der Waals surface area contributed by atoms with Gasteiger partial charge in [-0.2, -0.15) is 13.2 Å². The van der Waals surface area contributed by atoms with Crippen LogP contribution >= 0.6 is 11.6 Å². The van der Waals surface area contributed by atoms with Gasteiger partial charge in [0.15, 0.2) is 0 Å². The van der Waals surface area contributed by atoms with Crippen molar-refractivity contribution in [2.75, 3.05) is 5.32 Å². The van der Waals surface area contributed by atoms with Crippen molar-refractivity contribution in [1.29, 1.82) is 0 Å². The molecule has 0 spiro atoms. The quantitative estimate of drug-likeness (QED) is 0.906. The summed E-state index contributed by atoms with van der Waals surface area (Å²) in [6.07, 6.45) is -1.27. The number of pyridine rings is 1. The molecule has 0 aliphatic heterocycles. The van der Waals surface area contributed by atoms with E-state index < -0.39 is 11.7 Å². The lowest BCUT2D eigenvalue weighted by Crippen LogP contribution is -2.06. The highest BCUT2D eigenvalue weighted by atomic mass is 35.5. The molecular formula is C13H10ClF3N2. The average molecular weight is 287 g/mol. The second kappa shape index (κ2) is 5.48. The first kappa shape index (κ1) is 13.7. The minimum absolute atomic E-state index is 0.336. The minimum atomic E-state index is -4.34. The van der Waals surface area contributed by atoms with Crippen LogP contribution in [-0.2, 0) is 12.7 Å². The third-order valence-corrected chi connectivity index (χ3v) is 2.87. The molecule has 0 atom stereocenters. The van der Waals surface area contributed by atoms with Gasteiger partial charge < -0.3 is 5.32 Å². The van der Waals surface area contributed by atoms with E-state index in [4.69, 9.17) is 11.6 Å². The van der Waals surface area contributed by atoms with E-state index in [0.29, 0.717) is 17.3 Å². The normalized spacial score (nSPS) is 11.4. The molecule has 2 aromatic rings. The van der Waals surface area contributed by atoms with Gasteiger partial charge in [-0.05, 0) is 29.8 Å². The third-order valence-electron chi connectivity index (χ3n) is 2.53. The molecule has 0 aliphatic carbocycles. The second-order valence-corrected chi connectivity index (χ2v) is 4.31. The predicted octanol–water partition coefficient (Wildman–Crippen LogP) is 4.37. The number of hydrogen-bond donors (Lipinski definition) is 1. The first-order valence-corrected chi connectivity index (χ1v) is 5.84. The van der Waals surface area contributed by atoms with Gasteiger partial charge in [0.1, 0.15) is 0 Å². The highest BCUT2D eigenvalue weighted by molar-refractivity contribution is 6.31. The van der Waals surface area contributed by atoms with Crippen LogP contribution in [0.25, 0.3) is 0 Å². The van der Waals surface area contributed by atoms with E-state index in [1.807, 2.05) is 0 Å². The maximum Gasteiger partial charge on any atom is 0.416 e. The van der Waals surface area contributed by atoms with Crippen LogP contribution in [0.3, 0.4) is 0 Å². The summed E-state index contributed by atoms with van der Waals surface area (Å²) in [6.45, 7) is 0.336. The summed E-state index contributed by atoms with van der Waals surface area (Å²) in [4.78, 5) is 3.84. The molecule has 1 N–H and O–H groups in total. The number of anilines is 1. The summed E-state index contributed by atoms with van der Waals surface area (Å²) in [5.74, 6) is 0. The summed E-state index contributed by atoms with van der Waals surface area (Å²) >= 11 is 5.91. The number of rotatable bonds is 3. The lowest BCUT2D eigenvalue weighted by molar-refractivity contribution is -0.137. The zero-order chi connectivity index (χ0) is 13.9.